The molecule has 0 fully saturated rings. The summed E-state index contributed by atoms with van der Waals surface area (Å²) in [5.74, 6) is 2.04. The van der Waals surface area contributed by atoms with Crippen LogP contribution in [-0.4, -0.2) is 72.1 Å². The van der Waals surface area contributed by atoms with Gasteiger partial charge in [-0.15, -0.1) is 46.4 Å². The standard InChI is InChI=1S/C10H18Cl4N4/c11-1-7-17(8-2-12)15-5-6-16-18(9-3-13)10-4-14/h5-6H,1-4,7-10H2. The first-order chi connectivity index (χ1) is 8.78. The van der Waals surface area contributed by atoms with Crippen LogP contribution in [0.15, 0.2) is 10.2 Å². The van der Waals surface area contributed by atoms with E-state index >= 15 is 0 Å². The topological polar surface area (TPSA) is 31.2 Å². The molecule has 8 heteroatoms. The molecule has 0 aromatic rings. The van der Waals surface area contributed by atoms with Crippen molar-refractivity contribution in [2.45, 2.75) is 0 Å². The normalized spacial score (nSPS) is 11.6. The van der Waals surface area contributed by atoms with E-state index in [1.165, 1.54) is 0 Å². The molecule has 18 heavy (non-hydrogen) atoms. The fourth-order valence-corrected chi connectivity index (χ4v) is 1.87. The van der Waals surface area contributed by atoms with Crippen molar-refractivity contribution in [2.75, 3.05) is 49.7 Å². The Balaban J connectivity index is 4.13. The maximum Gasteiger partial charge on any atom is 0.0671 e. The number of rotatable bonds is 11. The SMILES string of the molecule is ClCCN(CCCl)N=CC=NN(CCCl)CCCl. The van der Waals surface area contributed by atoms with E-state index in [1.54, 1.807) is 22.4 Å². The smallest absolute Gasteiger partial charge is 0.0671 e. The summed E-state index contributed by atoms with van der Waals surface area (Å²) in [5, 5.41) is 12.0. The lowest BCUT2D eigenvalue weighted by atomic mass is 10.6. The summed E-state index contributed by atoms with van der Waals surface area (Å²) in [5.41, 5.74) is 0. The van der Waals surface area contributed by atoms with Gasteiger partial charge in [0.25, 0.3) is 0 Å². The second kappa shape index (κ2) is 13.5. The average Bonchev–Trinajstić information content (AvgIpc) is 2.35. The summed E-state index contributed by atoms with van der Waals surface area (Å²) in [6.45, 7) is 2.63. The van der Waals surface area contributed by atoms with Crippen molar-refractivity contribution >= 4 is 58.8 Å². The van der Waals surface area contributed by atoms with Crippen molar-refractivity contribution < 1.29 is 0 Å². The summed E-state index contributed by atoms with van der Waals surface area (Å²) >= 11 is 22.6. The lowest BCUT2D eigenvalue weighted by Crippen LogP contribution is -2.23. The minimum Gasteiger partial charge on any atom is -0.295 e. The Morgan fingerprint density at radius 2 is 0.889 bits per heavy atom. The Morgan fingerprint density at radius 3 is 1.11 bits per heavy atom. The van der Waals surface area contributed by atoms with Gasteiger partial charge in [0.15, 0.2) is 0 Å². The fourth-order valence-electron chi connectivity index (χ4n) is 1.09. The minimum atomic E-state index is 0.510. The van der Waals surface area contributed by atoms with E-state index in [2.05, 4.69) is 10.2 Å². The van der Waals surface area contributed by atoms with Gasteiger partial charge in [-0.1, -0.05) is 0 Å². The first kappa shape index (κ1) is 18.1. The molecule has 0 aromatic heterocycles. The molecule has 0 atom stereocenters. The molecule has 0 aliphatic rings. The average molecular weight is 336 g/mol. The van der Waals surface area contributed by atoms with Gasteiger partial charge < -0.3 is 0 Å². The third kappa shape index (κ3) is 10.1. The van der Waals surface area contributed by atoms with Crippen LogP contribution in [0.25, 0.3) is 0 Å². The molecule has 0 heterocycles. The lowest BCUT2D eigenvalue weighted by molar-refractivity contribution is 0.324. The molecule has 0 saturated heterocycles. The van der Waals surface area contributed by atoms with Crippen LogP contribution in [0.2, 0.25) is 0 Å². The number of hydrogen-bond donors (Lipinski definition) is 0. The molecule has 0 amide bonds. The Kier molecular flexibility index (Phi) is 13.6. The highest BCUT2D eigenvalue weighted by molar-refractivity contribution is 6.19. The van der Waals surface area contributed by atoms with Crippen molar-refractivity contribution in [3.8, 4) is 0 Å². The quantitative estimate of drug-likeness (QED) is 0.330. The molecule has 0 aromatic carbocycles. The predicted molar refractivity (Wildman–Crippen MR) is 83.0 cm³/mol. The highest BCUT2D eigenvalue weighted by Gasteiger charge is 1.98. The molecule has 0 rings (SSSR count). The maximum atomic E-state index is 5.65. The van der Waals surface area contributed by atoms with Crippen molar-refractivity contribution in [3.05, 3.63) is 0 Å². The van der Waals surface area contributed by atoms with Crippen LogP contribution in [0.3, 0.4) is 0 Å². The Bertz CT molecular complexity index is 202. The van der Waals surface area contributed by atoms with E-state index in [9.17, 15) is 0 Å². The van der Waals surface area contributed by atoms with Gasteiger partial charge in [-0.05, 0) is 0 Å². The minimum absolute atomic E-state index is 0.510. The van der Waals surface area contributed by atoms with Gasteiger partial charge in [0, 0.05) is 49.7 Å². The van der Waals surface area contributed by atoms with Crippen LogP contribution in [0.5, 0.6) is 0 Å². The van der Waals surface area contributed by atoms with Gasteiger partial charge in [-0.2, -0.15) is 10.2 Å². The Labute approximate surface area is 128 Å². The van der Waals surface area contributed by atoms with Crippen LogP contribution in [-0.2, 0) is 0 Å². The van der Waals surface area contributed by atoms with E-state index in [4.69, 9.17) is 46.4 Å². The molecule has 0 radical (unpaired) electrons. The molecule has 0 aliphatic heterocycles. The monoisotopic (exact) mass is 334 g/mol. The number of hydrazone groups is 2. The zero-order valence-electron chi connectivity index (χ0n) is 10.1. The fraction of sp³-hybridized carbons (Fsp3) is 0.800. The summed E-state index contributed by atoms with van der Waals surface area (Å²) in [7, 11) is 0. The number of halogens is 4. The van der Waals surface area contributed by atoms with Gasteiger partial charge >= 0.3 is 0 Å². The van der Waals surface area contributed by atoms with E-state index in [-0.39, 0.29) is 0 Å². The molecule has 0 saturated carbocycles. The van der Waals surface area contributed by atoms with E-state index < -0.39 is 0 Å². The molecule has 0 N–H and O–H groups in total. The van der Waals surface area contributed by atoms with Gasteiger partial charge in [0.2, 0.25) is 0 Å². The number of alkyl halides is 4. The summed E-state index contributed by atoms with van der Waals surface area (Å²) in [6.07, 6.45) is 3.21. The molecule has 4 nitrogen and oxygen atoms in total. The van der Waals surface area contributed by atoms with Gasteiger partial charge in [0.05, 0.1) is 12.4 Å². The summed E-state index contributed by atoms with van der Waals surface area (Å²) in [4.78, 5) is 0. The summed E-state index contributed by atoms with van der Waals surface area (Å²) < 4.78 is 0. The van der Waals surface area contributed by atoms with E-state index in [1.807, 2.05) is 0 Å². The van der Waals surface area contributed by atoms with Crippen molar-refractivity contribution in [3.63, 3.8) is 0 Å². The van der Waals surface area contributed by atoms with Crippen LogP contribution in [0, 0.1) is 0 Å². The molecule has 106 valence electrons. The zero-order chi connectivity index (χ0) is 13.6. The molecule has 0 unspecified atom stereocenters. The largest absolute Gasteiger partial charge is 0.295 e. The maximum absolute atomic E-state index is 5.65. The van der Waals surface area contributed by atoms with Crippen molar-refractivity contribution in [1.29, 1.82) is 0 Å². The first-order valence-electron chi connectivity index (χ1n) is 5.58. The third-order valence-electron chi connectivity index (χ3n) is 1.90. The lowest BCUT2D eigenvalue weighted by Gasteiger charge is -2.16. The van der Waals surface area contributed by atoms with Crippen LogP contribution in [0.1, 0.15) is 0 Å². The number of hydrogen-bond acceptors (Lipinski definition) is 4. The molecule has 0 aliphatic carbocycles. The molecule has 0 spiro atoms. The van der Waals surface area contributed by atoms with Crippen LogP contribution < -0.4 is 0 Å². The Morgan fingerprint density at radius 1 is 0.611 bits per heavy atom. The highest BCUT2D eigenvalue weighted by atomic mass is 35.5. The summed E-state index contributed by atoms with van der Waals surface area (Å²) in [6, 6.07) is 0. The first-order valence-corrected chi connectivity index (χ1v) is 7.72. The predicted octanol–water partition coefficient (Wildman–Crippen LogP) is 2.52. The zero-order valence-corrected chi connectivity index (χ0v) is 13.1. The highest BCUT2D eigenvalue weighted by Crippen LogP contribution is 1.93. The second-order valence-electron chi connectivity index (χ2n) is 3.19. The molecular formula is C10H18Cl4N4. The Hall–Kier alpha value is 0.1000. The van der Waals surface area contributed by atoms with Crippen LogP contribution in [0.4, 0.5) is 0 Å². The molecular weight excluding hydrogens is 318 g/mol. The second-order valence-corrected chi connectivity index (χ2v) is 4.70. The van der Waals surface area contributed by atoms with Crippen LogP contribution >= 0.6 is 46.4 Å². The van der Waals surface area contributed by atoms with Gasteiger partial charge in [0.1, 0.15) is 0 Å². The van der Waals surface area contributed by atoms with Crippen molar-refractivity contribution in [2.24, 2.45) is 10.2 Å². The van der Waals surface area contributed by atoms with Gasteiger partial charge in [-0.25, -0.2) is 0 Å². The third-order valence-corrected chi connectivity index (χ3v) is 2.57. The molecule has 0 bridgehead atoms. The number of nitrogens with zero attached hydrogens (tertiary/aromatic N) is 4. The van der Waals surface area contributed by atoms with E-state index in [0.717, 1.165) is 0 Å². The van der Waals surface area contributed by atoms with Crippen molar-refractivity contribution in [1.82, 2.24) is 10.0 Å². The van der Waals surface area contributed by atoms with Gasteiger partial charge in [-0.3, -0.25) is 10.0 Å². The van der Waals surface area contributed by atoms with E-state index in [0.29, 0.717) is 49.7 Å².